The van der Waals surface area contributed by atoms with Crippen LogP contribution in [0.5, 0.6) is 17.2 Å². The van der Waals surface area contributed by atoms with Crippen molar-refractivity contribution < 1.29 is 31.4 Å². The number of methoxy groups -OCH3 is 2. The van der Waals surface area contributed by atoms with E-state index in [0.717, 1.165) is 22.5 Å². The van der Waals surface area contributed by atoms with E-state index in [-0.39, 0.29) is 15.7 Å². The molecule has 0 unspecified atom stereocenters. The number of ether oxygens (including phenoxy) is 3. The lowest BCUT2D eigenvalue weighted by Crippen LogP contribution is -2.26. The second-order valence-corrected chi connectivity index (χ2v) is 7.36. The molecule has 0 heterocycles. The van der Waals surface area contributed by atoms with Crippen LogP contribution in [0.25, 0.3) is 0 Å². The Kier molecular flexibility index (Phi) is 6.14. The van der Waals surface area contributed by atoms with Crippen LogP contribution in [0, 0.1) is 0 Å². The maximum Gasteiger partial charge on any atom is 0.387 e. The zero-order valence-corrected chi connectivity index (χ0v) is 15.6. The Labute approximate surface area is 154 Å². The summed E-state index contributed by atoms with van der Waals surface area (Å²) in [4.78, 5) is -0.179. The second kappa shape index (κ2) is 7.96. The van der Waals surface area contributed by atoms with Gasteiger partial charge in [0.2, 0.25) is 0 Å². The number of rotatable bonds is 7. The molecule has 2 rings (SSSR count). The number of alkyl halides is 2. The smallest absolute Gasteiger partial charge is 0.387 e. The average Bonchev–Trinajstić information content (AvgIpc) is 2.61. The molecular weight excluding hydrogens is 392 g/mol. The average molecular weight is 408 g/mol. The highest BCUT2D eigenvalue weighted by Gasteiger charge is 2.24. The van der Waals surface area contributed by atoms with Crippen molar-refractivity contribution in [3.63, 3.8) is 0 Å². The fourth-order valence-corrected chi connectivity index (χ4v) is 3.66. The van der Waals surface area contributed by atoms with Gasteiger partial charge in [-0.1, -0.05) is 11.6 Å². The van der Waals surface area contributed by atoms with Gasteiger partial charge >= 0.3 is 6.61 Å². The van der Waals surface area contributed by atoms with E-state index in [1.165, 1.54) is 33.4 Å². The number of anilines is 1. The highest BCUT2D eigenvalue weighted by Crippen LogP contribution is 2.34. The van der Waals surface area contributed by atoms with Crippen molar-refractivity contribution in [1.29, 1.82) is 0 Å². The zero-order valence-electron chi connectivity index (χ0n) is 14.1. The molecule has 6 nitrogen and oxygen atoms in total. The summed E-state index contributed by atoms with van der Waals surface area (Å²) in [5.41, 5.74) is 0.312. The molecule has 0 radical (unpaired) electrons. The lowest BCUT2D eigenvalue weighted by Gasteiger charge is -2.21. The van der Waals surface area contributed by atoms with Crippen molar-refractivity contribution >= 4 is 27.3 Å². The van der Waals surface area contributed by atoms with Gasteiger partial charge in [0.15, 0.2) is 11.5 Å². The van der Waals surface area contributed by atoms with Crippen LogP contribution in [-0.2, 0) is 10.0 Å². The molecule has 0 spiro atoms. The third-order valence-corrected chi connectivity index (χ3v) is 5.59. The quantitative estimate of drug-likeness (QED) is 0.698. The largest absolute Gasteiger partial charge is 0.493 e. The fraction of sp³-hybridized carbons (Fsp3) is 0.250. The van der Waals surface area contributed by atoms with Crippen LogP contribution in [0.3, 0.4) is 0 Å². The van der Waals surface area contributed by atoms with E-state index in [2.05, 4.69) is 4.74 Å². The monoisotopic (exact) mass is 407 g/mol. The lowest BCUT2D eigenvalue weighted by atomic mass is 10.3. The van der Waals surface area contributed by atoms with E-state index in [4.69, 9.17) is 21.1 Å². The number of nitrogens with zero attached hydrogens (tertiary/aromatic N) is 1. The Morgan fingerprint density at radius 2 is 1.62 bits per heavy atom. The van der Waals surface area contributed by atoms with E-state index < -0.39 is 16.6 Å². The highest BCUT2D eigenvalue weighted by molar-refractivity contribution is 7.92. The molecule has 142 valence electrons. The normalized spacial score (nSPS) is 11.3. The molecule has 0 aromatic heterocycles. The van der Waals surface area contributed by atoms with Gasteiger partial charge in [-0.25, -0.2) is 8.42 Å². The van der Waals surface area contributed by atoms with Gasteiger partial charge in [0.1, 0.15) is 5.75 Å². The Morgan fingerprint density at radius 1 is 1.00 bits per heavy atom. The molecule has 0 aliphatic heterocycles. The van der Waals surface area contributed by atoms with Gasteiger partial charge in [-0.15, -0.1) is 0 Å². The molecule has 0 fully saturated rings. The van der Waals surface area contributed by atoms with Crippen molar-refractivity contribution in [3.05, 3.63) is 41.4 Å². The minimum Gasteiger partial charge on any atom is -0.493 e. The van der Waals surface area contributed by atoms with Crippen LogP contribution in [0.1, 0.15) is 0 Å². The summed E-state index contributed by atoms with van der Waals surface area (Å²) in [5, 5.41) is -0.243. The first-order valence-electron chi connectivity index (χ1n) is 7.16. The summed E-state index contributed by atoms with van der Waals surface area (Å²) in [7, 11) is 0.236. The van der Waals surface area contributed by atoms with Crippen molar-refractivity contribution in [1.82, 2.24) is 0 Å². The number of halogens is 3. The third kappa shape index (κ3) is 4.10. The molecule has 26 heavy (non-hydrogen) atoms. The van der Waals surface area contributed by atoms with Gasteiger partial charge in [-0.3, -0.25) is 4.31 Å². The number of hydrogen-bond acceptors (Lipinski definition) is 5. The summed E-state index contributed by atoms with van der Waals surface area (Å²) in [6, 6.07) is 7.85. The first-order valence-corrected chi connectivity index (χ1v) is 8.97. The molecule has 0 N–H and O–H groups in total. The minimum absolute atomic E-state index is 0.179. The summed E-state index contributed by atoms with van der Waals surface area (Å²) in [6.07, 6.45) is 0. The predicted molar refractivity (Wildman–Crippen MR) is 93.2 cm³/mol. The summed E-state index contributed by atoms with van der Waals surface area (Å²) in [6.45, 7) is -3.07. The highest BCUT2D eigenvalue weighted by atomic mass is 35.5. The Balaban J connectivity index is 2.39. The SMILES string of the molecule is COc1ccc(N(C)S(=O)(=O)c2ccc(OC(F)F)c(Cl)c2)cc1OC. The second-order valence-electron chi connectivity index (χ2n) is 4.98. The van der Waals surface area contributed by atoms with Crippen LogP contribution in [0.15, 0.2) is 41.3 Å². The van der Waals surface area contributed by atoms with Crippen molar-refractivity contribution in [2.45, 2.75) is 11.5 Å². The molecule has 0 bridgehead atoms. The topological polar surface area (TPSA) is 65.1 Å². The standard InChI is InChI=1S/C16H16ClF2NO5S/c1-20(10-4-6-14(23-2)15(8-10)24-3)26(21,22)11-5-7-13(12(17)9-11)25-16(18)19/h4-9,16H,1-3H3. The zero-order chi connectivity index (χ0) is 19.5. The van der Waals surface area contributed by atoms with Crippen LogP contribution in [0.2, 0.25) is 5.02 Å². The van der Waals surface area contributed by atoms with E-state index in [0.29, 0.717) is 17.2 Å². The van der Waals surface area contributed by atoms with Crippen LogP contribution >= 0.6 is 11.6 Å². The summed E-state index contributed by atoms with van der Waals surface area (Å²) in [5.74, 6) is 0.485. The van der Waals surface area contributed by atoms with Crippen molar-refractivity contribution in [2.24, 2.45) is 0 Å². The fourth-order valence-electron chi connectivity index (χ4n) is 2.15. The van der Waals surface area contributed by atoms with Gasteiger partial charge in [0.25, 0.3) is 10.0 Å². The van der Waals surface area contributed by atoms with Crippen LogP contribution < -0.4 is 18.5 Å². The molecule has 0 atom stereocenters. The molecule has 2 aromatic rings. The van der Waals surface area contributed by atoms with Crippen molar-refractivity contribution in [2.75, 3.05) is 25.6 Å². The maximum atomic E-state index is 12.8. The Bertz CT molecular complexity index is 892. The molecule has 10 heteroatoms. The number of hydrogen-bond donors (Lipinski definition) is 0. The van der Waals surface area contributed by atoms with Gasteiger partial charge in [0, 0.05) is 13.1 Å². The molecule has 0 saturated heterocycles. The molecule has 0 aliphatic carbocycles. The van der Waals surface area contributed by atoms with Crippen LogP contribution in [-0.4, -0.2) is 36.3 Å². The minimum atomic E-state index is -3.99. The lowest BCUT2D eigenvalue weighted by molar-refractivity contribution is -0.0498. The maximum absolute atomic E-state index is 12.8. The van der Waals surface area contributed by atoms with Crippen LogP contribution in [0.4, 0.5) is 14.5 Å². The van der Waals surface area contributed by atoms with Gasteiger partial charge in [0.05, 0.1) is 29.8 Å². The summed E-state index contributed by atoms with van der Waals surface area (Å²) < 4.78 is 65.6. The number of benzene rings is 2. The van der Waals surface area contributed by atoms with E-state index in [1.54, 1.807) is 6.07 Å². The Morgan fingerprint density at radius 3 is 2.15 bits per heavy atom. The molecular formula is C16H16ClF2NO5S. The number of sulfonamides is 1. The first kappa shape index (κ1) is 20.1. The molecule has 0 saturated carbocycles. The van der Waals surface area contributed by atoms with Crippen molar-refractivity contribution in [3.8, 4) is 17.2 Å². The molecule has 0 aliphatic rings. The van der Waals surface area contributed by atoms with E-state index >= 15 is 0 Å². The van der Waals surface area contributed by atoms with E-state index in [1.807, 2.05) is 0 Å². The predicted octanol–water partition coefficient (Wildman–Crippen LogP) is 3.78. The molecule has 0 amide bonds. The van der Waals surface area contributed by atoms with Gasteiger partial charge in [-0.2, -0.15) is 8.78 Å². The third-order valence-electron chi connectivity index (χ3n) is 3.51. The van der Waals surface area contributed by atoms with E-state index in [9.17, 15) is 17.2 Å². The molecule has 2 aromatic carbocycles. The van der Waals surface area contributed by atoms with Gasteiger partial charge < -0.3 is 14.2 Å². The first-order chi connectivity index (χ1) is 12.2. The summed E-state index contributed by atoms with van der Waals surface area (Å²) >= 11 is 5.84. The van der Waals surface area contributed by atoms with Gasteiger partial charge in [-0.05, 0) is 30.3 Å². The Hall–Kier alpha value is -2.26.